The number of hydroxylamine groups is 1. The van der Waals surface area contributed by atoms with E-state index in [0.29, 0.717) is 31.4 Å². The van der Waals surface area contributed by atoms with Gasteiger partial charge in [0.1, 0.15) is 0 Å². The molecule has 19 heavy (non-hydrogen) atoms. The molecule has 0 aromatic carbocycles. The van der Waals surface area contributed by atoms with Crippen LogP contribution in [0.1, 0.15) is 37.8 Å². The molecule has 1 aromatic rings. The smallest absolute Gasteiger partial charge is 0.242 e. The molecule has 2 aliphatic rings. The van der Waals surface area contributed by atoms with Gasteiger partial charge in [-0.25, -0.2) is 13.4 Å². The average molecular weight is 286 g/mol. The van der Waals surface area contributed by atoms with Gasteiger partial charge in [0.2, 0.25) is 16.0 Å². The van der Waals surface area contributed by atoms with Crippen molar-refractivity contribution in [1.29, 1.82) is 0 Å². The first-order valence-electron chi connectivity index (χ1n) is 6.22. The van der Waals surface area contributed by atoms with E-state index >= 15 is 0 Å². The summed E-state index contributed by atoms with van der Waals surface area (Å²) in [6.45, 7) is 2.07. The van der Waals surface area contributed by atoms with E-state index in [9.17, 15) is 12.8 Å². The Balaban J connectivity index is 1.92. The molecule has 1 saturated heterocycles. The maximum atomic E-state index is 12.8. The molecule has 1 aliphatic carbocycles. The number of sulfonamides is 1. The van der Waals surface area contributed by atoms with Crippen LogP contribution in [0.3, 0.4) is 0 Å². The van der Waals surface area contributed by atoms with Gasteiger partial charge in [0, 0.05) is 6.20 Å². The second-order valence-electron chi connectivity index (χ2n) is 5.26. The van der Waals surface area contributed by atoms with E-state index in [1.54, 1.807) is 13.0 Å². The Morgan fingerprint density at radius 1 is 1.47 bits per heavy atom. The number of hydrogen-bond acceptors (Lipinski definition) is 4. The molecular weight excluding hydrogens is 271 g/mol. The molecule has 0 bridgehead atoms. The number of aromatic nitrogens is 1. The summed E-state index contributed by atoms with van der Waals surface area (Å²) in [5, 5.41) is 0. The molecule has 2 heterocycles. The van der Waals surface area contributed by atoms with Gasteiger partial charge in [0.05, 0.1) is 17.4 Å². The van der Waals surface area contributed by atoms with Crippen LogP contribution in [0, 0.1) is 5.95 Å². The highest BCUT2D eigenvalue weighted by atomic mass is 32.2. The van der Waals surface area contributed by atoms with Gasteiger partial charge in [-0.15, -0.1) is 0 Å². The van der Waals surface area contributed by atoms with Gasteiger partial charge < -0.3 is 0 Å². The number of hydrogen-bond donors (Lipinski definition) is 0. The molecule has 1 atom stereocenters. The monoisotopic (exact) mass is 286 g/mol. The third kappa shape index (κ3) is 2.05. The first-order chi connectivity index (χ1) is 8.94. The van der Waals surface area contributed by atoms with Gasteiger partial charge in [0.25, 0.3) is 0 Å². The van der Waals surface area contributed by atoms with Crippen molar-refractivity contribution in [3.63, 3.8) is 0 Å². The van der Waals surface area contributed by atoms with Crippen LogP contribution in [0.25, 0.3) is 0 Å². The van der Waals surface area contributed by atoms with Crippen LogP contribution >= 0.6 is 0 Å². The molecule has 1 aliphatic heterocycles. The van der Waals surface area contributed by atoms with Gasteiger partial charge in [-0.1, -0.05) is 10.5 Å². The highest BCUT2D eigenvalue weighted by Crippen LogP contribution is 2.48. The molecule has 0 radical (unpaired) electrons. The minimum atomic E-state index is -3.48. The van der Waals surface area contributed by atoms with E-state index < -0.39 is 26.8 Å². The van der Waals surface area contributed by atoms with E-state index in [0.717, 1.165) is 4.47 Å². The summed E-state index contributed by atoms with van der Waals surface area (Å²) >= 11 is 0. The molecule has 5 nitrogen and oxygen atoms in total. The Labute approximate surface area is 111 Å². The summed E-state index contributed by atoms with van der Waals surface area (Å²) in [6.07, 6.45) is 3.24. The lowest BCUT2D eigenvalue weighted by molar-refractivity contribution is -0.0511. The molecule has 1 saturated carbocycles. The van der Waals surface area contributed by atoms with Crippen molar-refractivity contribution < 1.29 is 17.6 Å². The number of pyridine rings is 1. The van der Waals surface area contributed by atoms with Crippen LogP contribution in [0.2, 0.25) is 0 Å². The number of halogens is 1. The lowest BCUT2D eigenvalue weighted by atomic mass is 10.1. The van der Waals surface area contributed by atoms with Gasteiger partial charge in [-0.3, -0.25) is 4.84 Å². The van der Waals surface area contributed by atoms with Crippen molar-refractivity contribution in [2.45, 2.75) is 37.0 Å². The zero-order valence-corrected chi connectivity index (χ0v) is 11.4. The fraction of sp³-hybridized carbons (Fsp3) is 0.583. The summed E-state index contributed by atoms with van der Waals surface area (Å²) in [5.41, 5.74) is 0.659. The molecule has 7 heteroatoms. The molecule has 0 N–H and O–H groups in total. The Morgan fingerprint density at radius 3 is 2.79 bits per heavy atom. The quantitative estimate of drug-likeness (QED) is 0.795. The Hall–Kier alpha value is -1.05. The summed E-state index contributed by atoms with van der Waals surface area (Å²) in [6, 6.07) is 2.38. The highest BCUT2D eigenvalue weighted by Gasteiger charge is 2.56. The lowest BCUT2D eigenvalue weighted by Crippen LogP contribution is -2.37. The minimum absolute atomic E-state index is 0.345. The maximum Gasteiger partial charge on any atom is 0.242 e. The third-order valence-electron chi connectivity index (χ3n) is 3.81. The predicted octanol–water partition coefficient (Wildman–Crippen LogP) is 1.78. The van der Waals surface area contributed by atoms with Gasteiger partial charge >= 0.3 is 0 Å². The van der Waals surface area contributed by atoms with E-state index in [4.69, 9.17) is 4.84 Å². The number of rotatable bonds is 3. The van der Waals surface area contributed by atoms with Crippen molar-refractivity contribution >= 4 is 10.0 Å². The Morgan fingerprint density at radius 2 is 2.21 bits per heavy atom. The van der Waals surface area contributed by atoms with Crippen LogP contribution in [0.4, 0.5) is 4.39 Å². The largest absolute Gasteiger partial charge is 0.284 e. The lowest BCUT2D eigenvalue weighted by Gasteiger charge is -2.25. The normalized spacial score (nSPS) is 26.5. The van der Waals surface area contributed by atoms with E-state index in [-0.39, 0.29) is 0 Å². The Kier molecular flexibility index (Phi) is 2.88. The summed E-state index contributed by atoms with van der Waals surface area (Å²) < 4.78 is 38.2. The van der Waals surface area contributed by atoms with Crippen molar-refractivity contribution in [3.05, 3.63) is 29.8 Å². The minimum Gasteiger partial charge on any atom is -0.284 e. The topological polar surface area (TPSA) is 59.5 Å². The van der Waals surface area contributed by atoms with Gasteiger partial charge in [0.15, 0.2) is 0 Å². The van der Waals surface area contributed by atoms with E-state index in [1.807, 2.05) is 0 Å². The van der Waals surface area contributed by atoms with Crippen LogP contribution in [-0.4, -0.2) is 29.2 Å². The second-order valence-corrected chi connectivity index (χ2v) is 7.56. The van der Waals surface area contributed by atoms with Crippen molar-refractivity contribution in [2.24, 2.45) is 0 Å². The molecule has 0 amide bonds. The SMILES string of the molecule is CC1(S(=O)(=O)N2OCC[C@H]2c2ccc(F)nc2)CC1. The first-order valence-corrected chi connectivity index (χ1v) is 7.66. The fourth-order valence-electron chi connectivity index (χ4n) is 2.21. The van der Waals surface area contributed by atoms with Crippen molar-refractivity contribution in [1.82, 2.24) is 9.45 Å². The molecule has 0 spiro atoms. The molecule has 104 valence electrons. The third-order valence-corrected chi connectivity index (χ3v) is 6.30. The molecule has 1 aromatic heterocycles. The van der Waals surface area contributed by atoms with Crippen LogP contribution in [0.5, 0.6) is 0 Å². The summed E-state index contributed by atoms with van der Waals surface area (Å²) in [5.74, 6) is -0.578. The van der Waals surface area contributed by atoms with Crippen LogP contribution in [-0.2, 0) is 14.9 Å². The van der Waals surface area contributed by atoms with Crippen LogP contribution < -0.4 is 0 Å². The van der Waals surface area contributed by atoms with Crippen molar-refractivity contribution in [2.75, 3.05) is 6.61 Å². The average Bonchev–Trinajstić information content (AvgIpc) is 2.94. The summed E-state index contributed by atoms with van der Waals surface area (Å²) in [7, 11) is -3.48. The standard InChI is InChI=1S/C12H15FN2O3S/c1-12(5-6-12)19(16,17)15-10(4-7-18-15)9-2-3-11(13)14-8-9/h2-3,8,10H,4-7H2,1H3/t10-/m0/s1. The van der Waals surface area contributed by atoms with Crippen molar-refractivity contribution in [3.8, 4) is 0 Å². The van der Waals surface area contributed by atoms with E-state index in [1.165, 1.54) is 12.3 Å². The first kappa shape index (κ1) is 13.0. The van der Waals surface area contributed by atoms with Gasteiger partial charge in [-0.05, 0) is 37.8 Å². The Bertz CT molecular complexity index is 583. The fourth-order valence-corrected chi connectivity index (χ4v) is 4.04. The number of nitrogens with zero attached hydrogens (tertiary/aromatic N) is 2. The molecule has 0 unspecified atom stereocenters. The maximum absolute atomic E-state index is 12.8. The molecule has 3 rings (SSSR count). The predicted molar refractivity (Wildman–Crippen MR) is 65.9 cm³/mol. The zero-order valence-electron chi connectivity index (χ0n) is 10.5. The van der Waals surface area contributed by atoms with Gasteiger partial charge in [-0.2, -0.15) is 4.39 Å². The zero-order chi connectivity index (χ0) is 13.7. The van der Waals surface area contributed by atoms with Crippen LogP contribution in [0.15, 0.2) is 18.3 Å². The van der Waals surface area contributed by atoms with E-state index in [2.05, 4.69) is 4.98 Å². The summed E-state index contributed by atoms with van der Waals surface area (Å²) in [4.78, 5) is 8.88. The molecule has 2 fully saturated rings. The second kappa shape index (κ2) is 4.22. The highest BCUT2D eigenvalue weighted by molar-refractivity contribution is 7.90. The molecular formula is C12H15FN2O3S.